The Morgan fingerprint density at radius 1 is 0.649 bits per heavy atom. The molecular formula is C31H29NO5. The molecule has 0 saturated heterocycles. The summed E-state index contributed by atoms with van der Waals surface area (Å²) in [5, 5.41) is 13.2. The summed E-state index contributed by atoms with van der Waals surface area (Å²) < 4.78 is 11.9. The fraction of sp³-hybridized carbons (Fsp3) is 0.161. The monoisotopic (exact) mass is 495 g/mol. The molecule has 0 aliphatic carbocycles. The highest BCUT2D eigenvalue weighted by Crippen LogP contribution is 2.18. The number of hydrogen-bond acceptors (Lipinski definition) is 5. The summed E-state index contributed by atoms with van der Waals surface area (Å²) in [5.41, 5.74) is 4.67. The lowest BCUT2D eigenvalue weighted by atomic mass is 10.1. The molecule has 0 fully saturated rings. The second-order valence-corrected chi connectivity index (χ2v) is 8.42. The number of hydrogen-bond donors (Lipinski definition) is 1. The third kappa shape index (κ3) is 8.54. The van der Waals surface area contributed by atoms with E-state index in [9.17, 15) is 4.79 Å². The highest BCUT2D eigenvalue weighted by molar-refractivity contribution is 6.01. The minimum absolute atomic E-state index is 0.119. The average Bonchev–Trinajstić information content (AvgIpc) is 2.95. The fourth-order valence-corrected chi connectivity index (χ4v) is 3.56. The highest BCUT2D eigenvalue weighted by atomic mass is 16.6. The lowest BCUT2D eigenvalue weighted by Gasteiger charge is -2.11. The highest BCUT2D eigenvalue weighted by Gasteiger charge is 2.07. The first kappa shape index (κ1) is 25.5. The van der Waals surface area contributed by atoms with Gasteiger partial charge in [0.1, 0.15) is 37.0 Å². The molecule has 6 nitrogen and oxygen atoms in total. The molecule has 4 aromatic carbocycles. The third-order valence-electron chi connectivity index (χ3n) is 5.61. The Morgan fingerprint density at radius 3 is 1.86 bits per heavy atom. The number of oxime groups is 1. The number of carbonyl (C=O) groups is 1. The Bertz CT molecular complexity index is 1270. The molecule has 37 heavy (non-hydrogen) atoms. The molecule has 0 aliphatic heterocycles. The Hall–Kier alpha value is -4.58. The molecule has 0 aliphatic rings. The smallest absolute Gasteiger partial charge is 0.303 e. The minimum atomic E-state index is -0.798. The van der Waals surface area contributed by atoms with Crippen molar-refractivity contribution in [2.24, 2.45) is 5.16 Å². The van der Waals surface area contributed by atoms with E-state index in [0.29, 0.717) is 25.3 Å². The van der Waals surface area contributed by atoms with E-state index in [1.54, 1.807) is 0 Å². The van der Waals surface area contributed by atoms with Crippen molar-refractivity contribution >= 4 is 11.7 Å². The van der Waals surface area contributed by atoms with Gasteiger partial charge in [-0.3, -0.25) is 4.79 Å². The molecule has 0 heterocycles. The topological polar surface area (TPSA) is 77.4 Å². The van der Waals surface area contributed by atoms with Crippen molar-refractivity contribution in [3.63, 3.8) is 0 Å². The summed E-state index contributed by atoms with van der Waals surface area (Å²) >= 11 is 0. The van der Waals surface area contributed by atoms with Gasteiger partial charge in [0, 0.05) is 12.0 Å². The Kier molecular flexibility index (Phi) is 9.30. The van der Waals surface area contributed by atoms with Crippen LogP contribution in [0.15, 0.2) is 114 Å². The number of aryl methyl sites for hydroxylation is 1. The lowest BCUT2D eigenvalue weighted by molar-refractivity contribution is -0.136. The number of ether oxygens (including phenoxy) is 2. The van der Waals surface area contributed by atoms with Crippen molar-refractivity contribution in [2.75, 3.05) is 6.61 Å². The van der Waals surface area contributed by atoms with Crippen molar-refractivity contribution in [3.05, 3.63) is 131 Å². The van der Waals surface area contributed by atoms with E-state index in [2.05, 4.69) is 5.16 Å². The SMILES string of the molecule is O=C(O)CCc1ccc(OCc2ccc(OC/C(=N\OCc3ccccc3)c3ccccc3)cc2)cc1. The van der Waals surface area contributed by atoms with Crippen LogP contribution in [0.3, 0.4) is 0 Å². The van der Waals surface area contributed by atoms with Gasteiger partial charge in [-0.15, -0.1) is 0 Å². The Balaban J connectivity index is 1.29. The van der Waals surface area contributed by atoms with Crippen LogP contribution in [-0.4, -0.2) is 23.4 Å². The van der Waals surface area contributed by atoms with Crippen molar-refractivity contribution < 1.29 is 24.2 Å². The van der Waals surface area contributed by atoms with E-state index in [4.69, 9.17) is 19.4 Å². The van der Waals surface area contributed by atoms with Crippen molar-refractivity contribution in [2.45, 2.75) is 26.1 Å². The van der Waals surface area contributed by atoms with Crippen molar-refractivity contribution in [1.29, 1.82) is 0 Å². The molecule has 6 heteroatoms. The second kappa shape index (κ2) is 13.5. The number of rotatable bonds is 13. The maximum Gasteiger partial charge on any atom is 0.303 e. The normalized spacial score (nSPS) is 11.1. The standard InChI is InChI=1S/C31H29NO5/c33-31(34)20-15-24-11-16-28(17-12-24)35-21-26-13-18-29(19-14-26)36-23-30(27-9-5-2-6-10-27)32-37-22-25-7-3-1-4-8-25/h1-14,16-19H,15,20-23H2,(H,33,34)/b32-30+. The first-order valence-corrected chi connectivity index (χ1v) is 12.1. The van der Waals surface area contributed by atoms with Crippen LogP contribution in [0.5, 0.6) is 11.5 Å². The summed E-state index contributed by atoms with van der Waals surface area (Å²) in [4.78, 5) is 16.3. The first-order chi connectivity index (χ1) is 18.2. The van der Waals surface area contributed by atoms with Crippen LogP contribution in [0, 0.1) is 0 Å². The maximum absolute atomic E-state index is 10.7. The largest absolute Gasteiger partial charge is 0.489 e. The molecule has 0 radical (unpaired) electrons. The van der Waals surface area contributed by atoms with Gasteiger partial charge in [0.15, 0.2) is 0 Å². The average molecular weight is 496 g/mol. The number of carboxylic acid groups (broad SMARTS) is 1. The van der Waals surface area contributed by atoms with Gasteiger partial charge in [-0.25, -0.2) is 0 Å². The number of carboxylic acids is 1. The van der Waals surface area contributed by atoms with Crippen LogP contribution in [0.2, 0.25) is 0 Å². The van der Waals surface area contributed by atoms with E-state index >= 15 is 0 Å². The number of nitrogens with zero attached hydrogens (tertiary/aromatic N) is 1. The molecule has 0 atom stereocenters. The molecule has 1 N–H and O–H groups in total. The second-order valence-electron chi connectivity index (χ2n) is 8.42. The molecule has 4 rings (SSSR count). The zero-order valence-corrected chi connectivity index (χ0v) is 20.5. The molecule has 0 spiro atoms. The van der Waals surface area contributed by atoms with Crippen molar-refractivity contribution in [3.8, 4) is 11.5 Å². The maximum atomic E-state index is 10.7. The van der Waals surface area contributed by atoms with Gasteiger partial charge in [-0.05, 0) is 47.4 Å². The number of benzene rings is 4. The predicted octanol–water partition coefficient (Wildman–Crippen LogP) is 6.28. The van der Waals surface area contributed by atoms with Gasteiger partial charge in [0.2, 0.25) is 0 Å². The summed E-state index contributed by atoms with van der Waals surface area (Å²) in [6.07, 6.45) is 0.626. The minimum Gasteiger partial charge on any atom is -0.489 e. The number of aliphatic carboxylic acids is 1. The summed E-state index contributed by atoms with van der Waals surface area (Å²) in [5.74, 6) is 0.657. The van der Waals surface area contributed by atoms with Gasteiger partial charge >= 0.3 is 5.97 Å². The van der Waals surface area contributed by atoms with Gasteiger partial charge in [-0.1, -0.05) is 90.1 Å². The van der Waals surface area contributed by atoms with Gasteiger partial charge in [0.05, 0.1) is 0 Å². The Labute approximate surface area is 216 Å². The summed E-state index contributed by atoms with van der Waals surface area (Å²) in [7, 11) is 0. The molecular weight excluding hydrogens is 466 g/mol. The van der Waals surface area contributed by atoms with E-state index < -0.39 is 5.97 Å². The third-order valence-corrected chi connectivity index (χ3v) is 5.61. The molecule has 0 amide bonds. The van der Waals surface area contributed by atoms with Crippen LogP contribution in [-0.2, 0) is 29.3 Å². The summed E-state index contributed by atoms with van der Waals surface area (Å²) in [6.45, 7) is 1.07. The van der Waals surface area contributed by atoms with Crippen LogP contribution >= 0.6 is 0 Å². The van der Waals surface area contributed by atoms with Crippen LogP contribution in [0.1, 0.15) is 28.7 Å². The molecule has 4 aromatic rings. The van der Waals surface area contributed by atoms with Gasteiger partial charge in [-0.2, -0.15) is 0 Å². The van der Waals surface area contributed by atoms with Crippen LogP contribution in [0.4, 0.5) is 0 Å². The lowest BCUT2D eigenvalue weighted by Crippen LogP contribution is -2.14. The first-order valence-electron chi connectivity index (χ1n) is 12.1. The Morgan fingerprint density at radius 2 is 1.22 bits per heavy atom. The summed E-state index contributed by atoms with van der Waals surface area (Å²) in [6, 6.07) is 35.0. The van der Waals surface area contributed by atoms with E-state index in [0.717, 1.165) is 33.8 Å². The molecule has 0 aromatic heterocycles. The molecule has 188 valence electrons. The van der Waals surface area contributed by atoms with E-state index in [1.807, 2.05) is 109 Å². The molecule has 0 unspecified atom stereocenters. The van der Waals surface area contributed by atoms with Crippen LogP contribution in [0.25, 0.3) is 0 Å². The van der Waals surface area contributed by atoms with Gasteiger partial charge in [0.25, 0.3) is 0 Å². The molecule has 0 saturated carbocycles. The van der Waals surface area contributed by atoms with Crippen molar-refractivity contribution in [1.82, 2.24) is 0 Å². The van der Waals surface area contributed by atoms with Gasteiger partial charge < -0.3 is 19.4 Å². The quantitative estimate of drug-likeness (QED) is 0.174. The van der Waals surface area contributed by atoms with E-state index in [1.165, 1.54) is 0 Å². The predicted molar refractivity (Wildman–Crippen MR) is 143 cm³/mol. The van der Waals surface area contributed by atoms with Crippen LogP contribution < -0.4 is 9.47 Å². The zero-order valence-electron chi connectivity index (χ0n) is 20.5. The fourth-order valence-electron chi connectivity index (χ4n) is 3.56. The van der Waals surface area contributed by atoms with E-state index in [-0.39, 0.29) is 13.0 Å². The molecule has 0 bridgehead atoms. The zero-order chi connectivity index (χ0) is 25.7.